The van der Waals surface area contributed by atoms with Gasteiger partial charge in [0.05, 0.1) is 6.10 Å². The van der Waals surface area contributed by atoms with Gasteiger partial charge in [-0.15, -0.1) is 0 Å². The summed E-state index contributed by atoms with van der Waals surface area (Å²) < 4.78 is 5.44. The highest BCUT2D eigenvalue weighted by molar-refractivity contribution is 5.76. The first-order chi connectivity index (χ1) is 7.56. The molecular weight excluding hydrogens is 204 g/mol. The van der Waals surface area contributed by atoms with Crippen LogP contribution in [0.3, 0.4) is 0 Å². The standard InChI is InChI=1S/C12H26N2O2/c1-10(2)16-8-6-5-7-14-11(3)9-12(15)13-4/h10-11,14H,5-9H2,1-4H3,(H,13,15). The summed E-state index contributed by atoms with van der Waals surface area (Å²) in [5.41, 5.74) is 0. The molecule has 0 aromatic rings. The van der Waals surface area contributed by atoms with Gasteiger partial charge >= 0.3 is 0 Å². The molecule has 1 amide bonds. The summed E-state index contributed by atoms with van der Waals surface area (Å²) in [5.74, 6) is 0.0862. The Bertz CT molecular complexity index is 184. The van der Waals surface area contributed by atoms with Crippen molar-refractivity contribution >= 4 is 5.91 Å². The summed E-state index contributed by atoms with van der Waals surface area (Å²) >= 11 is 0. The maximum absolute atomic E-state index is 11.1. The molecular formula is C12H26N2O2. The number of ether oxygens (including phenoxy) is 1. The Morgan fingerprint density at radius 2 is 1.94 bits per heavy atom. The van der Waals surface area contributed by atoms with Gasteiger partial charge < -0.3 is 15.4 Å². The lowest BCUT2D eigenvalue weighted by molar-refractivity contribution is -0.121. The van der Waals surface area contributed by atoms with Gasteiger partial charge in [0.15, 0.2) is 0 Å². The molecule has 1 unspecified atom stereocenters. The molecule has 0 aromatic carbocycles. The zero-order valence-electron chi connectivity index (χ0n) is 11.0. The molecule has 0 saturated carbocycles. The Morgan fingerprint density at radius 3 is 2.50 bits per heavy atom. The average molecular weight is 230 g/mol. The highest BCUT2D eigenvalue weighted by Crippen LogP contribution is 1.95. The van der Waals surface area contributed by atoms with E-state index in [1.165, 1.54) is 0 Å². The van der Waals surface area contributed by atoms with Crippen LogP contribution >= 0.6 is 0 Å². The Kier molecular flexibility index (Phi) is 9.24. The molecule has 0 heterocycles. The van der Waals surface area contributed by atoms with Gasteiger partial charge in [0, 0.05) is 26.1 Å². The SMILES string of the molecule is CNC(=O)CC(C)NCCCCOC(C)C. The van der Waals surface area contributed by atoms with Crippen molar-refractivity contribution in [3.8, 4) is 0 Å². The van der Waals surface area contributed by atoms with Gasteiger partial charge in [-0.1, -0.05) is 0 Å². The molecule has 0 aliphatic heterocycles. The number of rotatable bonds is 9. The summed E-state index contributed by atoms with van der Waals surface area (Å²) in [6, 6.07) is 0.242. The average Bonchev–Trinajstić information content (AvgIpc) is 2.22. The van der Waals surface area contributed by atoms with E-state index in [4.69, 9.17) is 4.74 Å². The van der Waals surface area contributed by atoms with Crippen LogP contribution in [0.2, 0.25) is 0 Å². The molecule has 0 spiro atoms. The molecule has 4 nitrogen and oxygen atoms in total. The zero-order valence-corrected chi connectivity index (χ0v) is 11.0. The summed E-state index contributed by atoms with van der Waals surface area (Å²) in [5, 5.41) is 5.94. The number of carbonyl (C=O) groups is 1. The van der Waals surface area contributed by atoms with Gasteiger partial charge in [0.1, 0.15) is 0 Å². The van der Waals surface area contributed by atoms with Gasteiger partial charge in [0.2, 0.25) is 5.91 Å². The van der Waals surface area contributed by atoms with E-state index in [0.717, 1.165) is 26.0 Å². The number of carbonyl (C=O) groups excluding carboxylic acids is 1. The third-order valence-electron chi connectivity index (χ3n) is 2.29. The van der Waals surface area contributed by atoms with Gasteiger partial charge in [-0.3, -0.25) is 4.79 Å². The van der Waals surface area contributed by atoms with Gasteiger partial charge in [-0.2, -0.15) is 0 Å². The van der Waals surface area contributed by atoms with Crippen LogP contribution in [0.4, 0.5) is 0 Å². The Balaban J connectivity index is 3.27. The Labute approximate surface area is 99.1 Å². The second-order valence-electron chi connectivity index (χ2n) is 4.36. The van der Waals surface area contributed by atoms with Crippen LogP contribution in [0.5, 0.6) is 0 Å². The minimum absolute atomic E-state index is 0.0862. The van der Waals surface area contributed by atoms with Crippen molar-refractivity contribution in [1.82, 2.24) is 10.6 Å². The van der Waals surface area contributed by atoms with Crippen LogP contribution in [0.25, 0.3) is 0 Å². The van der Waals surface area contributed by atoms with Crippen molar-refractivity contribution in [1.29, 1.82) is 0 Å². The molecule has 0 aliphatic carbocycles. The van der Waals surface area contributed by atoms with Crippen LogP contribution in [0, 0.1) is 0 Å². The van der Waals surface area contributed by atoms with E-state index in [1.807, 2.05) is 20.8 Å². The quantitative estimate of drug-likeness (QED) is 0.587. The van der Waals surface area contributed by atoms with E-state index in [0.29, 0.717) is 12.5 Å². The summed E-state index contributed by atoms with van der Waals surface area (Å²) in [4.78, 5) is 11.1. The van der Waals surface area contributed by atoms with Crippen molar-refractivity contribution in [3.05, 3.63) is 0 Å². The monoisotopic (exact) mass is 230 g/mol. The highest BCUT2D eigenvalue weighted by atomic mass is 16.5. The molecule has 16 heavy (non-hydrogen) atoms. The summed E-state index contributed by atoms with van der Waals surface area (Å²) in [6.07, 6.45) is 3.02. The summed E-state index contributed by atoms with van der Waals surface area (Å²) in [6.45, 7) is 7.88. The van der Waals surface area contributed by atoms with Gasteiger partial charge in [-0.25, -0.2) is 0 Å². The fourth-order valence-corrected chi connectivity index (χ4v) is 1.35. The van der Waals surface area contributed by atoms with E-state index in [2.05, 4.69) is 10.6 Å². The molecule has 0 fully saturated rings. The number of nitrogens with one attached hydrogen (secondary N) is 2. The van der Waals surface area contributed by atoms with Crippen molar-refractivity contribution in [2.24, 2.45) is 0 Å². The minimum atomic E-state index is 0.0862. The van der Waals surface area contributed by atoms with Gasteiger partial charge in [0.25, 0.3) is 0 Å². The number of unbranched alkanes of at least 4 members (excludes halogenated alkanes) is 1. The Hall–Kier alpha value is -0.610. The summed E-state index contributed by atoms with van der Waals surface area (Å²) in [7, 11) is 1.66. The maximum atomic E-state index is 11.1. The maximum Gasteiger partial charge on any atom is 0.221 e. The molecule has 0 saturated heterocycles. The van der Waals surface area contributed by atoms with Crippen LogP contribution in [0.1, 0.15) is 40.0 Å². The molecule has 4 heteroatoms. The van der Waals surface area contributed by atoms with Crippen molar-refractivity contribution < 1.29 is 9.53 Å². The molecule has 0 radical (unpaired) electrons. The van der Waals surface area contributed by atoms with Crippen LogP contribution < -0.4 is 10.6 Å². The predicted octanol–water partition coefficient (Wildman–Crippen LogP) is 1.31. The number of hydrogen-bond donors (Lipinski definition) is 2. The minimum Gasteiger partial charge on any atom is -0.379 e. The second-order valence-corrected chi connectivity index (χ2v) is 4.36. The van der Waals surface area contributed by atoms with Crippen molar-refractivity contribution in [2.45, 2.75) is 52.2 Å². The third kappa shape index (κ3) is 9.93. The first-order valence-corrected chi connectivity index (χ1v) is 6.11. The molecule has 0 bridgehead atoms. The highest BCUT2D eigenvalue weighted by Gasteiger charge is 2.05. The van der Waals surface area contributed by atoms with Crippen molar-refractivity contribution in [2.75, 3.05) is 20.2 Å². The largest absolute Gasteiger partial charge is 0.379 e. The Morgan fingerprint density at radius 1 is 1.25 bits per heavy atom. The number of hydrogen-bond acceptors (Lipinski definition) is 3. The zero-order chi connectivity index (χ0) is 12.4. The van der Waals surface area contributed by atoms with E-state index in [9.17, 15) is 4.79 Å². The lowest BCUT2D eigenvalue weighted by Crippen LogP contribution is -2.33. The molecule has 0 aromatic heterocycles. The molecule has 0 rings (SSSR count). The van der Waals surface area contributed by atoms with Gasteiger partial charge in [-0.05, 0) is 40.2 Å². The fraction of sp³-hybridized carbons (Fsp3) is 0.917. The van der Waals surface area contributed by atoms with Crippen molar-refractivity contribution in [3.63, 3.8) is 0 Å². The van der Waals surface area contributed by atoms with E-state index in [1.54, 1.807) is 7.05 Å². The lowest BCUT2D eigenvalue weighted by Gasteiger charge is -2.13. The topological polar surface area (TPSA) is 50.4 Å². The van der Waals surface area contributed by atoms with Crippen LogP contribution in [-0.4, -0.2) is 38.3 Å². The van der Waals surface area contributed by atoms with Crippen LogP contribution in [-0.2, 0) is 9.53 Å². The lowest BCUT2D eigenvalue weighted by atomic mass is 10.2. The molecule has 1 atom stereocenters. The second kappa shape index (κ2) is 9.60. The molecule has 96 valence electrons. The van der Waals surface area contributed by atoms with Crippen LogP contribution in [0.15, 0.2) is 0 Å². The first kappa shape index (κ1) is 15.4. The smallest absolute Gasteiger partial charge is 0.221 e. The molecule has 2 N–H and O–H groups in total. The van der Waals surface area contributed by atoms with E-state index in [-0.39, 0.29) is 11.9 Å². The molecule has 0 aliphatic rings. The fourth-order valence-electron chi connectivity index (χ4n) is 1.35. The third-order valence-corrected chi connectivity index (χ3v) is 2.29. The van der Waals surface area contributed by atoms with E-state index >= 15 is 0 Å². The predicted molar refractivity (Wildman–Crippen MR) is 66.5 cm³/mol. The number of amides is 1. The first-order valence-electron chi connectivity index (χ1n) is 6.11. The van der Waals surface area contributed by atoms with E-state index < -0.39 is 0 Å². The normalized spacial score (nSPS) is 12.8.